The van der Waals surface area contributed by atoms with Crippen LogP contribution in [0.3, 0.4) is 0 Å². The number of nitrogens with two attached hydrogens (primary N) is 1. The Morgan fingerprint density at radius 3 is 2.62 bits per heavy atom. The molecule has 0 aromatic rings. The summed E-state index contributed by atoms with van der Waals surface area (Å²) in [5, 5.41) is 0. The molecule has 0 saturated heterocycles. The van der Waals surface area contributed by atoms with Gasteiger partial charge in [0.05, 0.1) is 0 Å². The minimum atomic E-state index is 0.511. The fourth-order valence-corrected chi connectivity index (χ4v) is 1.30. The van der Waals surface area contributed by atoms with Gasteiger partial charge in [-0.1, -0.05) is 26.0 Å². The lowest BCUT2D eigenvalue weighted by molar-refractivity contribution is 0.408. The molecule has 0 radical (unpaired) electrons. The molecule has 2 heteroatoms. The molecule has 0 aromatic heterocycles. The highest BCUT2D eigenvalue weighted by atomic mass is 15.1. The lowest BCUT2D eigenvalue weighted by atomic mass is 10.1. The fourth-order valence-electron chi connectivity index (χ4n) is 1.30. The summed E-state index contributed by atoms with van der Waals surface area (Å²) in [4.78, 5) is 2.19. The monoisotopic (exact) mass is 182 g/mol. The predicted octanol–water partition coefficient (Wildman–Crippen LogP) is 2.34. The highest BCUT2D eigenvalue weighted by Crippen LogP contribution is 2.02. The van der Waals surface area contributed by atoms with Crippen LogP contribution in [0.15, 0.2) is 24.0 Å². The van der Waals surface area contributed by atoms with Crippen LogP contribution >= 0.6 is 0 Å². The van der Waals surface area contributed by atoms with Crippen molar-refractivity contribution in [2.24, 2.45) is 11.7 Å². The highest BCUT2D eigenvalue weighted by Gasteiger charge is 1.99. The van der Waals surface area contributed by atoms with Crippen molar-refractivity contribution >= 4 is 0 Å². The molecule has 0 spiro atoms. The van der Waals surface area contributed by atoms with Gasteiger partial charge in [-0.05, 0) is 25.5 Å². The lowest BCUT2D eigenvalue weighted by Gasteiger charge is -2.17. The number of hydrogen-bond donors (Lipinski definition) is 1. The van der Waals surface area contributed by atoms with E-state index in [0.29, 0.717) is 5.92 Å². The Balaban J connectivity index is 3.84. The first-order valence-electron chi connectivity index (χ1n) is 4.87. The van der Waals surface area contributed by atoms with Crippen LogP contribution in [0.5, 0.6) is 0 Å². The lowest BCUT2D eigenvalue weighted by Crippen LogP contribution is -2.18. The molecule has 1 unspecified atom stereocenters. The maximum atomic E-state index is 5.59. The molecular formula is C11H22N2. The fraction of sp³-hybridized carbons (Fsp3) is 0.636. The molecule has 13 heavy (non-hydrogen) atoms. The van der Waals surface area contributed by atoms with Gasteiger partial charge in [0.15, 0.2) is 0 Å². The summed E-state index contributed by atoms with van der Waals surface area (Å²) in [7, 11) is 2.09. The van der Waals surface area contributed by atoms with Gasteiger partial charge < -0.3 is 10.6 Å². The van der Waals surface area contributed by atoms with Crippen LogP contribution in [0.25, 0.3) is 0 Å². The highest BCUT2D eigenvalue weighted by molar-refractivity contribution is 4.96. The van der Waals surface area contributed by atoms with Crippen molar-refractivity contribution in [3.63, 3.8) is 0 Å². The van der Waals surface area contributed by atoms with Gasteiger partial charge in [-0.15, -0.1) is 0 Å². The van der Waals surface area contributed by atoms with Crippen LogP contribution < -0.4 is 5.73 Å². The minimum absolute atomic E-state index is 0.511. The molecular weight excluding hydrogens is 160 g/mol. The van der Waals surface area contributed by atoms with E-state index in [1.165, 1.54) is 0 Å². The van der Waals surface area contributed by atoms with E-state index >= 15 is 0 Å². The first-order valence-corrected chi connectivity index (χ1v) is 4.87. The van der Waals surface area contributed by atoms with Crippen LogP contribution in [-0.2, 0) is 0 Å². The van der Waals surface area contributed by atoms with E-state index < -0.39 is 0 Å². The summed E-state index contributed by atoms with van der Waals surface area (Å²) in [6.07, 6.45) is 7.46. The van der Waals surface area contributed by atoms with E-state index in [1.54, 1.807) is 0 Å². The molecule has 0 aromatic carbocycles. The summed E-state index contributed by atoms with van der Waals surface area (Å²) in [6.45, 7) is 7.26. The Morgan fingerprint density at radius 2 is 2.15 bits per heavy atom. The van der Waals surface area contributed by atoms with Crippen molar-refractivity contribution in [2.75, 3.05) is 13.6 Å². The topological polar surface area (TPSA) is 29.3 Å². The molecule has 0 fully saturated rings. The van der Waals surface area contributed by atoms with Gasteiger partial charge in [-0.25, -0.2) is 0 Å². The van der Waals surface area contributed by atoms with Gasteiger partial charge in [-0.2, -0.15) is 0 Å². The second-order valence-electron chi connectivity index (χ2n) is 3.62. The largest absolute Gasteiger partial charge is 0.403 e. The first-order chi connectivity index (χ1) is 6.06. The van der Waals surface area contributed by atoms with Crippen LogP contribution in [0, 0.1) is 5.92 Å². The number of hydrogen-bond acceptors (Lipinski definition) is 2. The van der Waals surface area contributed by atoms with Gasteiger partial charge in [0, 0.05) is 19.3 Å². The molecule has 0 amide bonds. The van der Waals surface area contributed by atoms with E-state index in [0.717, 1.165) is 18.7 Å². The molecule has 0 bridgehead atoms. The maximum Gasteiger partial charge on any atom is 0.0230 e. The third kappa shape index (κ3) is 7.44. The van der Waals surface area contributed by atoms with Crippen LogP contribution in [0.1, 0.15) is 27.2 Å². The van der Waals surface area contributed by atoms with Crippen molar-refractivity contribution in [3.05, 3.63) is 24.0 Å². The minimum Gasteiger partial charge on any atom is -0.403 e. The average Bonchev–Trinajstić information content (AvgIpc) is 1.98. The number of allylic oxidation sites excluding steroid dienone is 2. The second-order valence-corrected chi connectivity index (χ2v) is 3.62. The molecule has 0 rings (SSSR count). The first kappa shape index (κ1) is 12.1. The van der Waals surface area contributed by atoms with Crippen molar-refractivity contribution in [1.82, 2.24) is 4.90 Å². The van der Waals surface area contributed by atoms with Gasteiger partial charge >= 0.3 is 0 Å². The van der Waals surface area contributed by atoms with E-state index in [9.17, 15) is 0 Å². The molecule has 2 nitrogen and oxygen atoms in total. The van der Waals surface area contributed by atoms with E-state index in [4.69, 9.17) is 5.73 Å². The Kier molecular flexibility index (Phi) is 6.11. The summed E-state index contributed by atoms with van der Waals surface area (Å²) in [5.41, 5.74) is 6.50. The number of rotatable bonds is 5. The van der Waals surface area contributed by atoms with E-state index in [-0.39, 0.29) is 0 Å². The third-order valence-electron chi connectivity index (χ3n) is 1.72. The SMILES string of the molecule is CC/C=C\N(C)CC(C)/C=C(/C)N. The van der Waals surface area contributed by atoms with Gasteiger partial charge in [0.1, 0.15) is 0 Å². The van der Waals surface area contributed by atoms with Crippen LogP contribution in [0.4, 0.5) is 0 Å². The molecule has 76 valence electrons. The van der Waals surface area contributed by atoms with Crippen molar-refractivity contribution in [2.45, 2.75) is 27.2 Å². The number of nitrogens with zero attached hydrogens (tertiary/aromatic N) is 1. The zero-order valence-electron chi connectivity index (χ0n) is 9.25. The standard InChI is InChI=1S/C11H22N2/c1-5-6-7-13(4)9-10(2)8-11(3)12/h6-8,10H,5,9,12H2,1-4H3/b7-6-,11-8-. The Labute approximate surface area is 82.1 Å². The van der Waals surface area contributed by atoms with Crippen LogP contribution in [0.2, 0.25) is 0 Å². The maximum absolute atomic E-state index is 5.59. The van der Waals surface area contributed by atoms with Gasteiger partial charge in [0.2, 0.25) is 0 Å². The summed E-state index contributed by atoms with van der Waals surface area (Å²) < 4.78 is 0. The normalized spacial score (nSPS) is 14.9. The predicted molar refractivity (Wildman–Crippen MR) is 59.2 cm³/mol. The third-order valence-corrected chi connectivity index (χ3v) is 1.72. The Morgan fingerprint density at radius 1 is 1.54 bits per heavy atom. The molecule has 0 aliphatic rings. The Bertz CT molecular complexity index is 179. The molecule has 0 heterocycles. The quantitative estimate of drug-likeness (QED) is 0.707. The molecule has 0 aliphatic carbocycles. The van der Waals surface area contributed by atoms with Crippen molar-refractivity contribution < 1.29 is 0 Å². The summed E-state index contributed by atoms with van der Waals surface area (Å²) in [6, 6.07) is 0. The summed E-state index contributed by atoms with van der Waals surface area (Å²) >= 11 is 0. The second kappa shape index (κ2) is 6.58. The molecule has 0 aliphatic heterocycles. The smallest absolute Gasteiger partial charge is 0.0230 e. The van der Waals surface area contributed by atoms with Gasteiger partial charge in [-0.3, -0.25) is 0 Å². The zero-order valence-corrected chi connectivity index (χ0v) is 9.25. The van der Waals surface area contributed by atoms with Gasteiger partial charge in [0.25, 0.3) is 0 Å². The van der Waals surface area contributed by atoms with E-state index in [1.807, 2.05) is 6.92 Å². The average molecular weight is 182 g/mol. The van der Waals surface area contributed by atoms with E-state index in [2.05, 4.69) is 44.1 Å². The molecule has 1 atom stereocenters. The summed E-state index contributed by atoms with van der Waals surface area (Å²) in [5.74, 6) is 0.511. The van der Waals surface area contributed by atoms with Crippen molar-refractivity contribution in [3.8, 4) is 0 Å². The van der Waals surface area contributed by atoms with Crippen LogP contribution in [-0.4, -0.2) is 18.5 Å². The Hall–Kier alpha value is -0.920. The molecule has 2 N–H and O–H groups in total. The zero-order chi connectivity index (χ0) is 10.3. The molecule has 0 saturated carbocycles. The van der Waals surface area contributed by atoms with Crippen molar-refractivity contribution in [1.29, 1.82) is 0 Å².